The van der Waals surface area contributed by atoms with Crippen LogP contribution in [0.4, 0.5) is 10.1 Å². The molecule has 5 nitrogen and oxygen atoms in total. The average Bonchev–Trinajstić information content (AvgIpc) is 3.02. The molecule has 26 heavy (non-hydrogen) atoms. The Bertz CT molecular complexity index is 773. The van der Waals surface area contributed by atoms with Crippen molar-refractivity contribution < 1.29 is 23.5 Å². The van der Waals surface area contributed by atoms with Gasteiger partial charge in [0.2, 0.25) is 5.91 Å². The van der Waals surface area contributed by atoms with Crippen molar-refractivity contribution in [2.75, 3.05) is 24.7 Å². The van der Waals surface area contributed by atoms with Crippen molar-refractivity contribution in [2.45, 2.75) is 13.3 Å². The number of hydrogen-bond donors (Lipinski definition) is 0. The van der Waals surface area contributed by atoms with E-state index in [0.717, 1.165) is 11.3 Å². The molecule has 2 aromatic rings. The standard InChI is InChI=1S/C20H20FNO4/c1-14-2-6-17(7-3-14)22-13-15(12-19(22)23)20(24)26-11-10-25-18-8-4-16(21)5-9-18/h2-9,15H,10-13H2,1H3/t15-/m0/s1. The first-order valence-electron chi connectivity index (χ1n) is 8.45. The first kappa shape index (κ1) is 17.9. The van der Waals surface area contributed by atoms with E-state index in [1.165, 1.54) is 24.3 Å². The lowest BCUT2D eigenvalue weighted by molar-refractivity contribution is -0.149. The van der Waals surface area contributed by atoms with Gasteiger partial charge in [-0.2, -0.15) is 0 Å². The zero-order valence-corrected chi connectivity index (χ0v) is 14.5. The molecule has 1 amide bonds. The molecule has 6 heteroatoms. The van der Waals surface area contributed by atoms with Crippen LogP contribution in [0.3, 0.4) is 0 Å². The van der Waals surface area contributed by atoms with E-state index < -0.39 is 11.9 Å². The molecule has 1 aliphatic rings. The minimum absolute atomic E-state index is 0.0748. The van der Waals surface area contributed by atoms with Gasteiger partial charge in [-0.1, -0.05) is 17.7 Å². The molecule has 1 saturated heterocycles. The number of rotatable bonds is 6. The Morgan fingerprint density at radius 3 is 2.50 bits per heavy atom. The van der Waals surface area contributed by atoms with Crippen LogP contribution >= 0.6 is 0 Å². The van der Waals surface area contributed by atoms with Gasteiger partial charge in [-0.15, -0.1) is 0 Å². The fraction of sp³-hybridized carbons (Fsp3) is 0.300. The molecule has 1 heterocycles. The van der Waals surface area contributed by atoms with Gasteiger partial charge in [-0.3, -0.25) is 9.59 Å². The van der Waals surface area contributed by atoms with Crippen molar-refractivity contribution in [3.8, 4) is 5.75 Å². The number of halogens is 1. The number of carbonyl (C=O) groups excluding carboxylic acids is 2. The summed E-state index contributed by atoms with van der Waals surface area (Å²) in [4.78, 5) is 26.0. The molecule has 0 N–H and O–H groups in total. The number of hydrogen-bond acceptors (Lipinski definition) is 4. The molecule has 0 aliphatic carbocycles. The summed E-state index contributed by atoms with van der Waals surface area (Å²) < 4.78 is 23.4. The summed E-state index contributed by atoms with van der Waals surface area (Å²) in [6, 6.07) is 13.2. The molecular weight excluding hydrogens is 337 g/mol. The Balaban J connectivity index is 1.45. The van der Waals surface area contributed by atoms with Crippen molar-refractivity contribution in [3.63, 3.8) is 0 Å². The van der Waals surface area contributed by atoms with Crippen molar-refractivity contribution >= 4 is 17.6 Å². The summed E-state index contributed by atoms with van der Waals surface area (Å²) in [5.74, 6) is -0.805. The van der Waals surface area contributed by atoms with Gasteiger partial charge in [0, 0.05) is 18.7 Å². The quantitative estimate of drug-likeness (QED) is 0.589. The third-order valence-corrected chi connectivity index (χ3v) is 4.21. The van der Waals surface area contributed by atoms with Crippen molar-refractivity contribution in [2.24, 2.45) is 5.92 Å². The predicted octanol–water partition coefficient (Wildman–Crippen LogP) is 3.11. The third-order valence-electron chi connectivity index (χ3n) is 4.21. The maximum atomic E-state index is 12.8. The third kappa shape index (κ3) is 4.39. The first-order chi connectivity index (χ1) is 12.5. The molecular formula is C20H20FNO4. The van der Waals surface area contributed by atoms with Crippen LogP contribution < -0.4 is 9.64 Å². The summed E-state index contributed by atoms with van der Waals surface area (Å²) in [5.41, 5.74) is 1.90. The van der Waals surface area contributed by atoms with Crippen LogP contribution in [0.1, 0.15) is 12.0 Å². The van der Waals surface area contributed by atoms with Crippen LogP contribution in [-0.4, -0.2) is 31.6 Å². The number of nitrogens with zero attached hydrogens (tertiary/aromatic N) is 1. The van der Waals surface area contributed by atoms with Crippen LogP contribution in [0.5, 0.6) is 5.75 Å². The van der Waals surface area contributed by atoms with Gasteiger partial charge in [0.1, 0.15) is 24.8 Å². The number of esters is 1. The Labute approximate surface area is 151 Å². The molecule has 0 aromatic heterocycles. The van der Waals surface area contributed by atoms with Crippen molar-refractivity contribution in [1.29, 1.82) is 0 Å². The van der Waals surface area contributed by atoms with Crippen LogP contribution in [0.2, 0.25) is 0 Å². The predicted molar refractivity (Wildman–Crippen MR) is 94.5 cm³/mol. The van der Waals surface area contributed by atoms with E-state index in [9.17, 15) is 14.0 Å². The molecule has 0 saturated carbocycles. The lowest BCUT2D eigenvalue weighted by Crippen LogP contribution is -2.26. The van der Waals surface area contributed by atoms with Gasteiger partial charge >= 0.3 is 5.97 Å². The number of anilines is 1. The summed E-state index contributed by atoms with van der Waals surface area (Å²) in [6.45, 7) is 2.54. The number of aryl methyl sites for hydroxylation is 1. The second kappa shape index (κ2) is 7.99. The van der Waals surface area contributed by atoms with E-state index in [-0.39, 0.29) is 31.4 Å². The normalized spacial score (nSPS) is 16.6. The van der Waals surface area contributed by atoms with Crippen LogP contribution in [0.25, 0.3) is 0 Å². The molecule has 1 fully saturated rings. The maximum Gasteiger partial charge on any atom is 0.311 e. The summed E-state index contributed by atoms with van der Waals surface area (Å²) in [6.07, 6.45) is 0.144. The monoisotopic (exact) mass is 357 g/mol. The molecule has 2 aromatic carbocycles. The van der Waals surface area contributed by atoms with E-state index in [0.29, 0.717) is 12.3 Å². The van der Waals surface area contributed by atoms with Crippen LogP contribution in [0.15, 0.2) is 48.5 Å². The van der Waals surface area contributed by atoms with Crippen LogP contribution in [0, 0.1) is 18.7 Å². The zero-order chi connectivity index (χ0) is 18.5. The average molecular weight is 357 g/mol. The molecule has 3 rings (SSSR count). The topological polar surface area (TPSA) is 55.8 Å². The van der Waals surface area contributed by atoms with Gasteiger partial charge in [0.25, 0.3) is 0 Å². The Kier molecular flexibility index (Phi) is 5.51. The largest absolute Gasteiger partial charge is 0.490 e. The number of benzene rings is 2. The van der Waals surface area contributed by atoms with Gasteiger partial charge < -0.3 is 14.4 Å². The number of amides is 1. The molecule has 0 unspecified atom stereocenters. The molecule has 0 radical (unpaired) electrons. The first-order valence-corrected chi connectivity index (χ1v) is 8.45. The highest BCUT2D eigenvalue weighted by Gasteiger charge is 2.36. The van der Waals surface area contributed by atoms with E-state index >= 15 is 0 Å². The Morgan fingerprint density at radius 1 is 1.12 bits per heavy atom. The van der Waals surface area contributed by atoms with Gasteiger partial charge in [-0.25, -0.2) is 4.39 Å². The van der Waals surface area contributed by atoms with Crippen molar-refractivity contribution in [3.05, 3.63) is 59.9 Å². The fourth-order valence-electron chi connectivity index (χ4n) is 2.79. The second-order valence-corrected chi connectivity index (χ2v) is 6.21. The zero-order valence-electron chi connectivity index (χ0n) is 14.5. The van der Waals surface area contributed by atoms with E-state index in [1.54, 1.807) is 4.90 Å². The SMILES string of the molecule is Cc1ccc(N2C[C@@H](C(=O)OCCOc3ccc(F)cc3)CC2=O)cc1. The number of carbonyl (C=O) groups is 2. The lowest BCUT2D eigenvalue weighted by atomic mass is 10.1. The van der Waals surface area contributed by atoms with Gasteiger partial charge in [-0.05, 0) is 43.3 Å². The van der Waals surface area contributed by atoms with Gasteiger partial charge in [0.05, 0.1) is 5.92 Å². The van der Waals surface area contributed by atoms with Gasteiger partial charge in [0.15, 0.2) is 0 Å². The molecule has 1 atom stereocenters. The number of ether oxygens (including phenoxy) is 2. The second-order valence-electron chi connectivity index (χ2n) is 6.21. The molecule has 0 bridgehead atoms. The Morgan fingerprint density at radius 2 is 1.81 bits per heavy atom. The van der Waals surface area contributed by atoms with Crippen LogP contribution in [-0.2, 0) is 14.3 Å². The fourth-order valence-corrected chi connectivity index (χ4v) is 2.79. The maximum absolute atomic E-state index is 12.8. The highest BCUT2D eigenvalue weighted by atomic mass is 19.1. The summed E-state index contributed by atoms with van der Waals surface area (Å²) >= 11 is 0. The summed E-state index contributed by atoms with van der Waals surface area (Å²) in [7, 11) is 0. The van der Waals surface area contributed by atoms with E-state index in [1.807, 2.05) is 31.2 Å². The van der Waals surface area contributed by atoms with E-state index in [2.05, 4.69) is 0 Å². The minimum atomic E-state index is -0.477. The Hall–Kier alpha value is -2.89. The van der Waals surface area contributed by atoms with Crippen molar-refractivity contribution in [1.82, 2.24) is 0 Å². The highest BCUT2D eigenvalue weighted by molar-refractivity contribution is 5.99. The summed E-state index contributed by atoms with van der Waals surface area (Å²) in [5, 5.41) is 0. The molecule has 0 spiro atoms. The lowest BCUT2D eigenvalue weighted by Gasteiger charge is -2.16. The molecule has 136 valence electrons. The minimum Gasteiger partial charge on any atom is -0.490 e. The molecule has 1 aliphatic heterocycles. The highest BCUT2D eigenvalue weighted by Crippen LogP contribution is 2.26. The smallest absolute Gasteiger partial charge is 0.311 e. The van der Waals surface area contributed by atoms with E-state index in [4.69, 9.17) is 9.47 Å².